The van der Waals surface area contributed by atoms with Crippen LogP contribution < -0.4 is 0 Å². The highest BCUT2D eigenvalue weighted by molar-refractivity contribution is 7.99. The number of aromatic nitrogens is 3. The van der Waals surface area contributed by atoms with E-state index >= 15 is 0 Å². The topological polar surface area (TPSA) is 78.9 Å². The second-order valence-electron chi connectivity index (χ2n) is 4.56. The molecule has 98 valence electrons. The molecule has 1 heterocycles. The molecule has 0 atom stereocenters. The normalized spacial score (nSPS) is 14.5. The van der Waals surface area contributed by atoms with Gasteiger partial charge in [0.15, 0.2) is 0 Å². The van der Waals surface area contributed by atoms with Gasteiger partial charge in [0.05, 0.1) is 5.75 Å². The Kier molecular flexibility index (Phi) is 3.25. The number of nitrogens with zero attached hydrogens (tertiary/aromatic N) is 2. The molecule has 0 fully saturated rings. The Bertz CT molecular complexity index is 586. The zero-order valence-corrected chi connectivity index (χ0v) is 11.0. The van der Waals surface area contributed by atoms with Crippen LogP contribution in [0.5, 0.6) is 0 Å². The van der Waals surface area contributed by atoms with Crippen molar-refractivity contribution in [2.24, 2.45) is 0 Å². The lowest BCUT2D eigenvalue weighted by Gasteiger charge is -2.02. The molecule has 1 aromatic carbocycles. The van der Waals surface area contributed by atoms with Crippen LogP contribution in [0.1, 0.15) is 22.9 Å². The Labute approximate surface area is 114 Å². The number of benzene rings is 1. The molecule has 3 rings (SSSR count). The van der Waals surface area contributed by atoms with Crippen LogP contribution in [-0.2, 0) is 17.6 Å². The van der Waals surface area contributed by atoms with Gasteiger partial charge in [0.1, 0.15) is 5.82 Å². The van der Waals surface area contributed by atoms with Gasteiger partial charge in [0.2, 0.25) is 5.16 Å². The Morgan fingerprint density at radius 1 is 1.37 bits per heavy atom. The second kappa shape index (κ2) is 5.05. The first kappa shape index (κ1) is 12.2. The fourth-order valence-electron chi connectivity index (χ4n) is 2.38. The van der Waals surface area contributed by atoms with Crippen molar-refractivity contribution in [2.45, 2.75) is 23.9 Å². The number of carboxylic acid groups (broad SMARTS) is 1. The molecule has 0 saturated carbocycles. The Balaban J connectivity index is 1.70. The molecular formula is C13H13N3O2S. The van der Waals surface area contributed by atoms with Gasteiger partial charge in [0.25, 0.3) is 0 Å². The molecule has 0 radical (unpaired) electrons. The molecule has 1 aromatic heterocycles. The maximum atomic E-state index is 10.5. The first-order valence-corrected chi connectivity index (χ1v) is 7.04. The zero-order valence-electron chi connectivity index (χ0n) is 10.2. The summed E-state index contributed by atoms with van der Waals surface area (Å²) in [5, 5.41) is 16.1. The highest BCUT2D eigenvalue weighted by Crippen LogP contribution is 2.32. The molecule has 1 aliphatic carbocycles. The van der Waals surface area contributed by atoms with E-state index in [4.69, 9.17) is 5.11 Å². The number of hydrogen-bond donors (Lipinski definition) is 2. The van der Waals surface area contributed by atoms with E-state index in [0.717, 1.165) is 30.4 Å². The van der Waals surface area contributed by atoms with Crippen LogP contribution in [0.4, 0.5) is 0 Å². The second-order valence-corrected chi connectivity index (χ2v) is 5.50. The number of H-pyrrole nitrogens is 1. The lowest BCUT2D eigenvalue weighted by molar-refractivity contribution is -0.133. The molecule has 0 amide bonds. The first-order chi connectivity index (χ1) is 9.22. The molecule has 0 unspecified atom stereocenters. The van der Waals surface area contributed by atoms with Crippen molar-refractivity contribution in [3.63, 3.8) is 0 Å². The largest absolute Gasteiger partial charge is 0.481 e. The molecule has 0 bridgehead atoms. The van der Waals surface area contributed by atoms with Gasteiger partial charge in [-0.1, -0.05) is 36.0 Å². The summed E-state index contributed by atoms with van der Waals surface area (Å²) in [7, 11) is 0. The van der Waals surface area contributed by atoms with E-state index in [1.165, 1.54) is 11.1 Å². The SMILES string of the molecule is O=C(O)CSc1n[nH]c(C2Cc3ccccc3C2)n1. The minimum absolute atomic E-state index is 0.0117. The molecule has 0 aliphatic heterocycles. The van der Waals surface area contributed by atoms with Gasteiger partial charge in [-0.2, -0.15) is 0 Å². The Hall–Kier alpha value is -1.82. The number of aromatic amines is 1. The van der Waals surface area contributed by atoms with Crippen LogP contribution in [0.15, 0.2) is 29.4 Å². The summed E-state index contributed by atoms with van der Waals surface area (Å²) < 4.78 is 0. The van der Waals surface area contributed by atoms with Gasteiger partial charge >= 0.3 is 5.97 Å². The lowest BCUT2D eigenvalue weighted by Crippen LogP contribution is -2.00. The monoisotopic (exact) mass is 275 g/mol. The van der Waals surface area contributed by atoms with Crippen LogP contribution in [0.2, 0.25) is 0 Å². The van der Waals surface area contributed by atoms with Crippen molar-refractivity contribution in [3.8, 4) is 0 Å². The first-order valence-electron chi connectivity index (χ1n) is 6.06. The van der Waals surface area contributed by atoms with Gasteiger partial charge in [-0.15, -0.1) is 5.10 Å². The Morgan fingerprint density at radius 2 is 2.05 bits per heavy atom. The average Bonchev–Trinajstić information content (AvgIpc) is 3.02. The summed E-state index contributed by atoms with van der Waals surface area (Å²) in [5.74, 6) is 0.306. The summed E-state index contributed by atoms with van der Waals surface area (Å²) in [6.07, 6.45) is 1.93. The molecule has 6 heteroatoms. The van der Waals surface area contributed by atoms with Crippen molar-refractivity contribution in [1.29, 1.82) is 0 Å². The van der Waals surface area contributed by atoms with Gasteiger partial charge in [0, 0.05) is 5.92 Å². The molecule has 0 saturated heterocycles. The van der Waals surface area contributed by atoms with Crippen LogP contribution in [0.3, 0.4) is 0 Å². The van der Waals surface area contributed by atoms with Crippen molar-refractivity contribution < 1.29 is 9.90 Å². The smallest absolute Gasteiger partial charge is 0.313 e. The van der Waals surface area contributed by atoms with Crippen molar-refractivity contribution in [3.05, 3.63) is 41.2 Å². The standard InChI is InChI=1S/C13H13N3O2S/c17-11(18)7-19-13-14-12(15-16-13)10-5-8-3-1-2-4-9(8)6-10/h1-4,10H,5-7H2,(H,17,18)(H,14,15,16). The molecule has 0 spiro atoms. The van der Waals surface area contributed by atoms with E-state index in [2.05, 4.69) is 39.4 Å². The number of fused-ring (bicyclic) bond motifs is 1. The number of carbonyl (C=O) groups is 1. The number of aliphatic carboxylic acids is 1. The highest BCUT2D eigenvalue weighted by atomic mass is 32.2. The van der Waals surface area contributed by atoms with Gasteiger partial charge in [-0.3, -0.25) is 9.89 Å². The quantitative estimate of drug-likeness (QED) is 0.833. The van der Waals surface area contributed by atoms with Gasteiger partial charge in [-0.25, -0.2) is 4.98 Å². The number of hydrogen-bond acceptors (Lipinski definition) is 4. The van der Waals surface area contributed by atoms with Gasteiger partial charge in [-0.05, 0) is 24.0 Å². The third-order valence-electron chi connectivity index (χ3n) is 3.24. The van der Waals surface area contributed by atoms with Crippen LogP contribution >= 0.6 is 11.8 Å². The van der Waals surface area contributed by atoms with Crippen molar-refractivity contribution >= 4 is 17.7 Å². The maximum absolute atomic E-state index is 10.5. The van der Waals surface area contributed by atoms with E-state index in [0.29, 0.717) is 11.1 Å². The van der Waals surface area contributed by atoms with Crippen LogP contribution in [0.25, 0.3) is 0 Å². The number of nitrogens with one attached hydrogen (secondary N) is 1. The van der Waals surface area contributed by atoms with Crippen LogP contribution in [-0.4, -0.2) is 32.0 Å². The third-order valence-corrected chi connectivity index (χ3v) is 4.08. The van der Waals surface area contributed by atoms with Crippen molar-refractivity contribution in [1.82, 2.24) is 15.2 Å². The summed E-state index contributed by atoms with van der Waals surface area (Å²) in [5.41, 5.74) is 2.73. The van der Waals surface area contributed by atoms with E-state index in [1.807, 2.05) is 0 Å². The molecule has 1 aliphatic rings. The zero-order chi connectivity index (χ0) is 13.2. The molecule has 2 aromatic rings. The summed E-state index contributed by atoms with van der Waals surface area (Å²) in [4.78, 5) is 14.9. The van der Waals surface area contributed by atoms with E-state index in [9.17, 15) is 4.79 Å². The predicted octanol–water partition coefficient (Wildman–Crippen LogP) is 1.86. The van der Waals surface area contributed by atoms with E-state index < -0.39 is 5.97 Å². The number of carboxylic acids is 1. The van der Waals surface area contributed by atoms with Crippen LogP contribution in [0, 0.1) is 0 Å². The fourth-order valence-corrected chi connectivity index (χ4v) is 2.91. The minimum Gasteiger partial charge on any atom is -0.481 e. The summed E-state index contributed by atoms with van der Waals surface area (Å²) in [6, 6.07) is 8.39. The number of rotatable bonds is 4. The van der Waals surface area contributed by atoms with E-state index in [-0.39, 0.29) is 5.75 Å². The van der Waals surface area contributed by atoms with Crippen molar-refractivity contribution in [2.75, 3.05) is 5.75 Å². The van der Waals surface area contributed by atoms with E-state index in [1.54, 1.807) is 0 Å². The Morgan fingerprint density at radius 3 is 2.68 bits per heavy atom. The highest BCUT2D eigenvalue weighted by Gasteiger charge is 2.25. The molecule has 5 nitrogen and oxygen atoms in total. The minimum atomic E-state index is -0.857. The summed E-state index contributed by atoms with van der Waals surface area (Å²) >= 11 is 1.14. The summed E-state index contributed by atoms with van der Waals surface area (Å²) in [6.45, 7) is 0. The third kappa shape index (κ3) is 2.63. The van der Waals surface area contributed by atoms with Gasteiger partial charge < -0.3 is 5.11 Å². The fraction of sp³-hybridized carbons (Fsp3) is 0.308. The number of thioether (sulfide) groups is 1. The predicted molar refractivity (Wildman–Crippen MR) is 71.3 cm³/mol. The average molecular weight is 275 g/mol. The lowest BCUT2D eigenvalue weighted by atomic mass is 10.1. The molecule has 19 heavy (non-hydrogen) atoms. The molecule has 2 N–H and O–H groups in total. The molecular weight excluding hydrogens is 262 g/mol. The maximum Gasteiger partial charge on any atom is 0.313 e.